The van der Waals surface area contributed by atoms with Crippen LogP contribution in [0.2, 0.25) is 0 Å². The summed E-state index contributed by atoms with van der Waals surface area (Å²) >= 11 is 0. The number of rotatable bonds is 6. The molecule has 0 aliphatic rings. The fourth-order valence-electron chi connectivity index (χ4n) is 1.47. The monoisotopic (exact) mass is 301 g/mol. The number of carboxylic acid groups (broad SMARTS) is 1. The zero-order chi connectivity index (χ0) is 15.5. The molecule has 0 heterocycles. The largest absolute Gasteiger partial charge is 0.495 e. The molecule has 1 aromatic carbocycles. The van der Waals surface area contributed by atoms with Crippen LogP contribution >= 0.6 is 0 Å². The van der Waals surface area contributed by atoms with Gasteiger partial charge in [0.15, 0.2) is 0 Å². The van der Waals surface area contributed by atoms with Crippen molar-refractivity contribution in [3.05, 3.63) is 23.8 Å². The zero-order valence-electron chi connectivity index (χ0n) is 11.9. The lowest BCUT2D eigenvalue weighted by atomic mass is 10.1. The predicted octanol–water partition coefficient (Wildman–Crippen LogP) is 1.72. The van der Waals surface area contributed by atoms with Crippen molar-refractivity contribution < 1.29 is 23.1 Å². The van der Waals surface area contributed by atoms with Crippen molar-refractivity contribution in [3.63, 3.8) is 0 Å². The Kier molecular flexibility index (Phi) is 5.13. The second kappa shape index (κ2) is 6.23. The molecule has 0 saturated carbocycles. The first kappa shape index (κ1) is 16.5. The molecule has 7 heteroatoms. The Balaban J connectivity index is 3.21. The van der Waals surface area contributed by atoms with E-state index in [1.54, 1.807) is 6.92 Å². The molecule has 1 unspecified atom stereocenters. The van der Waals surface area contributed by atoms with Crippen molar-refractivity contribution in [1.82, 2.24) is 4.72 Å². The van der Waals surface area contributed by atoms with Gasteiger partial charge in [-0.3, -0.25) is 0 Å². The van der Waals surface area contributed by atoms with Gasteiger partial charge < -0.3 is 9.84 Å². The molecule has 112 valence electrons. The maximum Gasteiger partial charge on any atom is 0.335 e. The van der Waals surface area contributed by atoms with Crippen LogP contribution < -0.4 is 9.46 Å². The van der Waals surface area contributed by atoms with Gasteiger partial charge in [0.05, 0.1) is 12.7 Å². The van der Waals surface area contributed by atoms with E-state index in [0.717, 1.165) is 0 Å². The lowest BCUT2D eigenvalue weighted by Gasteiger charge is -2.18. The number of hydrogen-bond donors (Lipinski definition) is 2. The van der Waals surface area contributed by atoms with Gasteiger partial charge in [0.25, 0.3) is 0 Å². The van der Waals surface area contributed by atoms with Crippen LogP contribution in [0.1, 0.15) is 31.1 Å². The van der Waals surface area contributed by atoms with E-state index in [2.05, 4.69) is 4.72 Å². The van der Waals surface area contributed by atoms with Crippen molar-refractivity contribution in [2.75, 3.05) is 7.11 Å². The molecule has 1 rings (SSSR count). The van der Waals surface area contributed by atoms with Gasteiger partial charge in [0, 0.05) is 6.04 Å². The molecular formula is C13H19NO5S. The van der Waals surface area contributed by atoms with Gasteiger partial charge >= 0.3 is 5.97 Å². The fourth-order valence-corrected chi connectivity index (χ4v) is 3.01. The van der Waals surface area contributed by atoms with E-state index < -0.39 is 16.0 Å². The van der Waals surface area contributed by atoms with Gasteiger partial charge in [-0.1, -0.05) is 13.8 Å². The van der Waals surface area contributed by atoms with Crippen LogP contribution in [-0.2, 0) is 10.0 Å². The van der Waals surface area contributed by atoms with Crippen LogP contribution in [0.25, 0.3) is 0 Å². The van der Waals surface area contributed by atoms with E-state index >= 15 is 0 Å². The number of hydrogen-bond acceptors (Lipinski definition) is 4. The quantitative estimate of drug-likeness (QED) is 0.834. The van der Waals surface area contributed by atoms with Crippen LogP contribution in [0.15, 0.2) is 23.1 Å². The van der Waals surface area contributed by atoms with Gasteiger partial charge in [-0.15, -0.1) is 0 Å². The number of methoxy groups -OCH3 is 1. The molecule has 0 fully saturated rings. The highest BCUT2D eigenvalue weighted by atomic mass is 32.2. The molecule has 0 aliphatic heterocycles. The van der Waals surface area contributed by atoms with Gasteiger partial charge in [-0.25, -0.2) is 17.9 Å². The third-order valence-electron chi connectivity index (χ3n) is 3.04. The third kappa shape index (κ3) is 3.71. The minimum atomic E-state index is -3.76. The SMILES string of the molecule is COc1cc(C(=O)O)ccc1S(=O)(=O)NC(C)C(C)C. The summed E-state index contributed by atoms with van der Waals surface area (Å²) in [5.41, 5.74) is -0.0299. The van der Waals surface area contributed by atoms with E-state index in [0.29, 0.717) is 0 Å². The number of benzene rings is 1. The Morgan fingerprint density at radius 3 is 2.35 bits per heavy atom. The highest BCUT2D eigenvalue weighted by molar-refractivity contribution is 7.89. The number of ether oxygens (including phenoxy) is 1. The summed E-state index contributed by atoms with van der Waals surface area (Å²) in [6.45, 7) is 5.57. The Bertz CT molecular complexity index is 595. The molecule has 0 aromatic heterocycles. The normalized spacial score (nSPS) is 13.2. The topological polar surface area (TPSA) is 92.7 Å². The van der Waals surface area contributed by atoms with Crippen molar-refractivity contribution in [1.29, 1.82) is 0 Å². The van der Waals surface area contributed by atoms with E-state index in [4.69, 9.17) is 9.84 Å². The Morgan fingerprint density at radius 1 is 1.30 bits per heavy atom. The Labute approximate surface area is 118 Å². The maximum atomic E-state index is 12.3. The summed E-state index contributed by atoms with van der Waals surface area (Å²) in [6, 6.07) is 3.41. The smallest absolute Gasteiger partial charge is 0.335 e. The van der Waals surface area contributed by atoms with Gasteiger partial charge in [-0.05, 0) is 31.0 Å². The molecule has 0 saturated heterocycles. The third-order valence-corrected chi connectivity index (χ3v) is 4.64. The standard InChI is InChI=1S/C13H19NO5S/c1-8(2)9(3)14-20(17,18)12-6-5-10(13(15)16)7-11(12)19-4/h5-9,14H,1-4H3,(H,15,16). The summed E-state index contributed by atoms with van der Waals surface area (Å²) in [5, 5.41) is 8.90. The van der Waals surface area contributed by atoms with E-state index in [9.17, 15) is 13.2 Å². The predicted molar refractivity (Wildman–Crippen MR) is 74.6 cm³/mol. The number of carboxylic acids is 1. The summed E-state index contributed by atoms with van der Waals surface area (Å²) in [4.78, 5) is 10.8. The molecule has 0 spiro atoms. The summed E-state index contributed by atoms with van der Waals surface area (Å²) in [6.07, 6.45) is 0. The molecular weight excluding hydrogens is 282 g/mol. The average molecular weight is 301 g/mol. The number of aromatic carboxylic acids is 1. The van der Waals surface area contributed by atoms with Gasteiger partial charge in [-0.2, -0.15) is 0 Å². The highest BCUT2D eigenvalue weighted by Crippen LogP contribution is 2.25. The molecule has 0 aliphatic carbocycles. The van der Waals surface area contributed by atoms with Gasteiger partial charge in [0.1, 0.15) is 10.6 Å². The van der Waals surface area contributed by atoms with E-state index in [1.165, 1.54) is 25.3 Å². The van der Waals surface area contributed by atoms with Crippen molar-refractivity contribution in [2.45, 2.75) is 31.7 Å². The summed E-state index contributed by atoms with van der Waals surface area (Å²) in [7, 11) is -2.46. The lowest BCUT2D eigenvalue weighted by Crippen LogP contribution is -2.36. The minimum absolute atomic E-state index is 0.00774. The van der Waals surface area contributed by atoms with Crippen LogP contribution in [0.4, 0.5) is 0 Å². The van der Waals surface area contributed by atoms with Crippen molar-refractivity contribution >= 4 is 16.0 Å². The molecule has 20 heavy (non-hydrogen) atoms. The number of sulfonamides is 1. The number of nitrogens with one attached hydrogen (secondary N) is 1. The lowest BCUT2D eigenvalue weighted by molar-refractivity contribution is 0.0696. The molecule has 0 bridgehead atoms. The second-order valence-corrected chi connectivity index (χ2v) is 6.51. The first-order chi connectivity index (χ1) is 9.19. The van der Waals surface area contributed by atoms with Gasteiger partial charge in [0.2, 0.25) is 10.0 Å². The second-order valence-electron chi connectivity index (χ2n) is 4.82. The van der Waals surface area contributed by atoms with Crippen LogP contribution in [0.5, 0.6) is 5.75 Å². The molecule has 2 N–H and O–H groups in total. The molecule has 0 amide bonds. The zero-order valence-corrected chi connectivity index (χ0v) is 12.7. The first-order valence-corrected chi connectivity index (χ1v) is 7.61. The minimum Gasteiger partial charge on any atom is -0.495 e. The molecule has 0 radical (unpaired) electrons. The maximum absolute atomic E-state index is 12.3. The number of carbonyl (C=O) groups is 1. The summed E-state index contributed by atoms with van der Waals surface area (Å²) in [5.74, 6) is -1.00. The Hall–Kier alpha value is -1.60. The van der Waals surface area contributed by atoms with Crippen LogP contribution in [0, 0.1) is 5.92 Å². The first-order valence-electron chi connectivity index (χ1n) is 6.12. The highest BCUT2D eigenvalue weighted by Gasteiger charge is 2.23. The van der Waals surface area contributed by atoms with Crippen molar-refractivity contribution in [2.24, 2.45) is 5.92 Å². The Morgan fingerprint density at radius 2 is 1.90 bits per heavy atom. The van der Waals surface area contributed by atoms with Crippen molar-refractivity contribution in [3.8, 4) is 5.75 Å². The molecule has 6 nitrogen and oxygen atoms in total. The van der Waals surface area contributed by atoms with Crippen LogP contribution in [-0.4, -0.2) is 32.6 Å². The molecule has 1 aromatic rings. The van der Waals surface area contributed by atoms with Crippen LogP contribution in [0.3, 0.4) is 0 Å². The molecule has 1 atom stereocenters. The fraction of sp³-hybridized carbons (Fsp3) is 0.462. The summed E-state index contributed by atoms with van der Waals surface area (Å²) < 4.78 is 32.1. The van der Waals surface area contributed by atoms with E-state index in [1.807, 2.05) is 13.8 Å². The van der Waals surface area contributed by atoms with E-state index in [-0.39, 0.29) is 28.2 Å². The average Bonchev–Trinajstić information content (AvgIpc) is 2.37.